The summed E-state index contributed by atoms with van der Waals surface area (Å²) in [7, 11) is 2.19. The van der Waals surface area contributed by atoms with E-state index in [4.69, 9.17) is 9.59 Å². The van der Waals surface area contributed by atoms with Crippen LogP contribution in [0.2, 0.25) is 0 Å². The van der Waals surface area contributed by atoms with Crippen LogP contribution in [-0.4, -0.2) is 78.1 Å². The molecule has 0 bridgehead atoms. The Hall–Kier alpha value is -3.14. The molecule has 1 aromatic rings. The summed E-state index contributed by atoms with van der Waals surface area (Å²) in [6, 6.07) is 2.28. The molecule has 8 nitrogen and oxygen atoms in total. The maximum absolute atomic E-state index is 12.4. The minimum atomic E-state index is -2.34. The Morgan fingerprint density at radius 1 is 1.11 bits per heavy atom. The molecule has 4 rings (SSSR count). The van der Waals surface area contributed by atoms with E-state index in [-0.39, 0.29) is 18.7 Å². The van der Waals surface area contributed by atoms with Gasteiger partial charge in [-0.05, 0) is 70.0 Å². The zero-order valence-electron chi connectivity index (χ0n) is 27.7. The summed E-state index contributed by atoms with van der Waals surface area (Å²) in [6.45, 7) is 15.8. The minimum absolute atomic E-state index is 0.0805. The van der Waals surface area contributed by atoms with Gasteiger partial charge in [0.1, 0.15) is 19.4 Å². The zero-order valence-corrected chi connectivity index (χ0v) is 27.7. The van der Waals surface area contributed by atoms with E-state index in [1.807, 2.05) is 20.5 Å². The van der Waals surface area contributed by atoms with E-state index in [0.717, 1.165) is 45.3 Å². The van der Waals surface area contributed by atoms with Crippen LogP contribution in [0.1, 0.15) is 91.9 Å². The van der Waals surface area contributed by atoms with Gasteiger partial charge in [0.2, 0.25) is 11.8 Å². The number of aromatic nitrogens is 2. The predicted octanol–water partition coefficient (Wildman–Crippen LogP) is 7.44. The maximum Gasteiger partial charge on any atom is 0.248 e. The fraction of sp³-hybridized carbons (Fsp3) is 0.647. The van der Waals surface area contributed by atoms with Crippen molar-refractivity contribution in [3.05, 3.63) is 48.3 Å². The van der Waals surface area contributed by atoms with Gasteiger partial charge in [-0.3, -0.25) is 14.8 Å². The molecule has 1 saturated heterocycles. The Morgan fingerprint density at radius 2 is 1.77 bits per heavy atom. The summed E-state index contributed by atoms with van der Waals surface area (Å²) in [6.07, 6.45) is 20.2. The number of hydrogen-bond donors (Lipinski definition) is 2. The highest BCUT2D eigenvalue weighted by molar-refractivity contribution is 5.89. The summed E-state index contributed by atoms with van der Waals surface area (Å²) in [5.74, 6) is -0.611. The number of likely N-dealkylation sites (tertiary alicyclic amines) is 1. The smallest absolute Gasteiger partial charge is 0.248 e. The number of rotatable bonds is 7. The number of nitrogens with one attached hydrogen (secondary N) is 2. The number of amides is 1. The third-order valence-corrected chi connectivity index (χ3v) is 7.76. The van der Waals surface area contributed by atoms with Crippen molar-refractivity contribution < 1.29 is 23.2 Å². The first-order valence-corrected chi connectivity index (χ1v) is 15.9. The van der Waals surface area contributed by atoms with Gasteiger partial charge in [0.25, 0.3) is 0 Å². The second kappa shape index (κ2) is 24.2. The highest BCUT2D eigenvalue weighted by Gasteiger charge is 2.33. The van der Waals surface area contributed by atoms with Crippen LogP contribution in [0.4, 0.5) is 14.6 Å². The Bertz CT molecular complexity index is 956. The van der Waals surface area contributed by atoms with Crippen LogP contribution in [0.25, 0.3) is 0 Å². The van der Waals surface area contributed by atoms with E-state index in [9.17, 15) is 13.6 Å². The predicted molar refractivity (Wildman–Crippen MR) is 177 cm³/mol. The van der Waals surface area contributed by atoms with Crippen LogP contribution in [0.3, 0.4) is 0 Å². The van der Waals surface area contributed by atoms with Crippen molar-refractivity contribution in [2.75, 3.05) is 32.0 Å². The van der Waals surface area contributed by atoms with Crippen LogP contribution in [-0.2, 0) is 14.4 Å². The molecule has 2 N–H and O–H groups in total. The molecule has 44 heavy (non-hydrogen) atoms. The molecule has 10 heteroatoms. The second-order valence-corrected chi connectivity index (χ2v) is 11.7. The number of likely N-dealkylation sites (N-methyl/N-ethyl adjacent to an activating group) is 1. The molecule has 1 unspecified atom stereocenters. The fourth-order valence-corrected chi connectivity index (χ4v) is 5.28. The van der Waals surface area contributed by atoms with Gasteiger partial charge in [0, 0.05) is 57.1 Å². The van der Waals surface area contributed by atoms with Crippen LogP contribution in [0.15, 0.2) is 48.3 Å². The van der Waals surface area contributed by atoms with Crippen LogP contribution in [0, 0.1) is 11.8 Å². The van der Waals surface area contributed by atoms with Crippen molar-refractivity contribution >= 4 is 25.3 Å². The summed E-state index contributed by atoms with van der Waals surface area (Å²) in [5, 5.41) is 9.54. The Kier molecular flexibility index (Phi) is 22.5. The first-order valence-electron chi connectivity index (χ1n) is 15.9. The number of H-pyrrole nitrogens is 1. The number of carbonyl (C=O) groups excluding carboxylic acids is 3. The lowest BCUT2D eigenvalue weighted by Gasteiger charge is -2.33. The van der Waals surface area contributed by atoms with E-state index in [1.54, 1.807) is 12.3 Å². The van der Waals surface area contributed by atoms with E-state index < -0.39 is 5.92 Å². The SMILES string of the molecule is C=O.C=O.CC1CCC(F)(F)CC1.CCC.C[C@H](CN(C)C1=CC=CC=CC1)N1CCCC(CC(=O)Nc2ccn[nH]2)CC1. The van der Waals surface area contributed by atoms with Gasteiger partial charge in [-0.1, -0.05) is 51.5 Å². The molecule has 0 radical (unpaired) electrons. The molecule has 2 aliphatic carbocycles. The van der Waals surface area contributed by atoms with Crippen molar-refractivity contribution in [1.29, 1.82) is 0 Å². The molecular formula is C34H57F2N5O3. The number of allylic oxidation sites excluding steroid dienone is 5. The summed E-state index contributed by atoms with van der Waals surface area (Å²) < 4.78 is 24.8. The van der Waals surface area contributed by atoms with Crippen LogP contribution in [0.5, 0.6) is 0 Å². The van der Waals surface area contributed by atoms with Gasteiger partial charge < -0.3 is 19.8 Å². The molecule has 1 saturated carbocycles. The Morgan fingerprint density at radius 3 is 2.36 bits per heavy atom. The normalized spacial score (nSPS) is 20.1. The monoisotopic (exact) mass is 621 g/mol. The van der Waals surface area contributed by atoms with Crippen LogP contribution < -0.4 is 5.32 Å². The summed E-state index contributed by atoms with van der Waals surface area (Å²) in [4.78, 5) is 33.2. The van der Waals surface area contributed by atoms with E-state index in [1.165, 1.54) is 12.1 Å². The minimum Gasteiger partial charge on any atom is -0.376 e. The fourth-order valence-electron chi connectivity index (χ4n) is 5.28. The number of halogens is 2. The summed E-state index contributed by atoms with van der Waals surface area (Å²) in [5.41, 5.74) is 1.36. The molecule has 2 fully saturated rings. The lowest BCUT2D eigenvalue weighted by molar-refractivity contribution is -0.117. The molecule has 1 aliphatic heterocycles. The van der Waals surface area contributed by atoms with Gasteiger partial charge in [0.05, 0.1) is 6.20 Å². The number of alkyl halides is 2. The highest BCUT2D eigenvalue weighted by Crippen LogP contribution is 2.35. The number of hydrogen-bond acceptors (Lipinski definition) is 6. The van der Waals surface area contributed by atoms with Crippen molar-refractivity contribution in [1.82, 2.24) is 20.0 Å². The van der Waals surface area contributed by atoms with Gasteiger partial charge >= 0.3 is 0 Å². The largest absolute Gasteiger partial charge is 0.376 e. The van der Waals surface area contributed by atoms with Crippen molar-refractivity contribution in [3.63, 3.8) is 0 Å². The molecule has 250 valence electrons. The van der Waals surface area contributed by atoms with Crippen molar-refractivity contribution in [2.45, 2.75) is 104 Å². The van der Waals surface area contributed by atoms with E-state index in [0.29, 0.717) is 43.0 Å². The number of nitrogens with zero attached hydrogens (tertiary/aromatic N) is 3. The molecule has 1 aromatic heterocycles. The lowest BCUT2D eigenvalue weighted by Crippen LogP contribution is -2.41. The Labute approximate surface area is 264 Å². The first kappa shape index (κ1) is 40.9. The number of aromatic amines is 1. The quantitative estimate of drug-likeness (QED) is 0.328. The third kappa shape index (κ3) is 17.9. The zero-order chi connectivity index (χ0) is 33.4. The average molecular weight is 622 g/mol. The van der Waals surface area contributed by atoms with Gasteiger partial charge in [0.15, 0.2) is 0 Å². The third-order valence-electron chi connectivity index (χ3n) is 7.76. The molecule has 3 aliphatic rings. The maximum atomic E-state index is 12.4. The summed E-state index contributed by atoms with van der Waals surface area (Å²) >= 11 is 0. The molecular weight excluding hydrogens is 564 g/mol. The standard InChI is InChI=1S/C22H33N5O.C7H12F2.C3H8.2CH2O/c1-18(17-26(2)20-9-5-3-4-6-10-20)27-14-7-8-19(12-15-27)16-22(28)24-21-11-13-23-25-21;1-6-2-4-7(8,9)5-3-6;1-3-2;2*1-2/h3-6,9,11,13,18-19H,7-8,10,12,14-17H2,1-2H3,(H2,23,24,25,28);6H,2-5H2,1H3;3H2,1-2H3;2*1H2/t18-,19?;;;;/m1..../s1. The molecule has 0 spiro atoms. The second-order valence-electron chi connectivity index (χ2n) is 11.7. The molecule has 1 amide bonds. The molecule has 2 heterocycles. The molecule has 0 aromatic carbocycles. The Balaban J connectivity index is 0.000000958. The number of carbonyl (C=O) groups is 3. The van der Waals surface area contributed by atoms with Crippen LogP contribution >= 0.6 is 0 Å². The first-order chi connectivity index (χ1) is 21.1. The topological polar surface area (TPSA) is 98.4 Å². The van der Waals surface area contributed by atoms with Crippen molar-refractivity contribution in [2.24, 2.45) is 11.8 Å². The average Bonchev–Trinajstić information content (AvgIpc) is 3.22. The molecule has 2 atom stereocenters. The lowest BCUT2D eigenvalue weighted by atomic mass is 9.88. The number of anilines is 1. The van der Waals surface area contributed by atoms with E-state index >= 15 is 0 Å². The van der Waals surface area contributed by atoms with Gasteiger partial charge in [-0.25, -0.2) is 8.78 Å². The van der Waals surface area contributed by atoms with Gasteiger partial charge in [-0.15, -0.1) is 0 Å². The van der Waals surface area contributed by atoms with E-state index in [2.05, 4.69) is 83.5 Å². The van der Waals surface area contributed by atoms with Gasteiger partial charge in [-0.2, -0.15) is 5.10 Å². The van der Waals surface area contributed by atoms with Crippen molar-refractivity contribution in [3.8, 4) is 0 Å². The highest BCUT2D eigenvalue weighted by atomic mass is 19.3.